The minimum atomic E-state index is -0.475. The molecule has 0 aliphatic rings. The summed E-state index contributed by atoms with van der Waals surface area (Å²) in [5.41, 5.74) is 4.04. The number of rotatable bonds is 2. The van der Waals surface area contributed by atoms with Gasteiger partial charge in [-0.1, -0.05) is 40.2 Å². The van der Waals surface area contributed by atoms with Crippen LogP contribution in [0.25, 0.3) is 22.1 Å². The Kier molecular flexibility index (Phi) is 3.29. The molecule has 3 rings (SSSR count). The van der Waals surface area contributed by atoms with Crippen LogP contribution in [-0.4, -0.2) is 4.92 Å². The molecule has 0 bridgehead atoms. The molecule has 0 saturated carbocycles. The standard InChI is InChI=1S/C16H12BrNO3/c1-9-6-7-11(8-10(9)2)14-15-12(17)4-3-5-13(15)21-16(14)18(19)20/h3-8H,1-2H3. The van der Waals surface area contributed by atoms with E-state index in [1.807, 2.05) is 38.1 Å². The average molecular weight is 346 g/mol. The molecule has 0 atom stereocenters. The highest BCUT2D eigenvalue weighted by molar-refractivity contribution is 9.10. The molecule has 106 valence electrons. The Bertz CT molecular complexity index is 867. The van der Waals surface area contributed by atoms with E-state index in [4.69, 9.17) is 4.42 Å². The lowest BCUT2D eigenvalue weighted by Crippen LogP contribution is -1.90. The molecule has 0 unspecified atom stereocenters. The van der Waals surface area contributed by atoms with Crippen LogP contribution in [0, 0.1) is 24.0 Å². The Balaban J connectivity index is 2.41. The molecule has 0 spiro atoms. The third-order valence-corrected chi connectivity index (χ3v) is 4.27. The second-order valence-corrected chi connectivity index (χ2v) is 5.81. The molecule has 1 heterocycles. The molecule has 0 aliphatic heterocycles. The highest BCUT2D eigenvalue weighted by atomic mass is 79.9. The summed E-state index contributed by atoms with van der Waals surface area (Å²) < 4.78 is 6.22. The zero-order valence-corrected chi connectivity index (χ0v) is 13.1. The van der Waals surface area contributed by atoms with Crippen molar-refractivity contribution in [2.75, 3.05) is 0 Å². The van der Waals surface area contributed by atoms with Crippen molar-refractivity contribution in [2.24, 2.45) is 0 Å². The van der Waals surface area contributed by atoms with Gasteiger partial charge < -0.3 is 4.42 Å². The van der Waals surface area contributed by atoms with Gasteiger partial charge in [-0.05, 0) is 42.7 Å². The number of halogens is 1. The first-order chi connectivity index (χ1) is 9.99. The minimum absolute atomic E-state index is 0.222. The minimum Gasteiger partial charge on any atom is -0.400 e. The Labute approximate surface area is 129 Å². The average Bonchev–Trinajstić information content (AvgIpc) is 2.83. The number of hydrogen-bond acceptors (Lipinski definition) is 3. The molecule has 0 saturated heterocycles. The highest BCUT2D eigenvalue weighted by Crippen LogP contribution is 2.43. The summed E-state index contributed by atoms with van der Waals surface area (Å²) in [7, 11) is 0. The molecule has 5 heteroatoms. The number of nitrogens with zero attached hydrogens (tertiary/aromatic N) is 1. The molecular weight excluding hydrogens is 334 g/mol. The quantitative estimate of drug-likeness (QED) is 0.462. The van der Waals surface area contributed by atoms with Crippen LogP contribution in [0.15, 0.2) is 45.3 Å². The SMILES string of the molecule is Cc1ccc(-c2c([N+](=O)[O-])oc3cccc(Br)c23)cc1C. The van der Waals surface area contributed by atoms with Crippen molar-refractivity contribution in [2.45, 2.75) is 13.8 Å². The molecule has 3 aromatic rings. The molecule has 1 aromatic heterocycles. The zero-order valence-electron chi connectivity index (χ0n) is 11.5. The summed E-state index contributed by atoms with van der Waals surface area (Å²) in [6.07, 6.45) is 0. The van der Waals surface area contributed by atoms with Gasteiger partial charge in [-0.2, -0.15) is 0 Å². The molecule has 4 nitrogen and oxygen atoms in total. The first-order valence-corrected chi connectivity index (χ1v) is 7.21. The number of hydrogen-bond donors (Lipinski definition) is 0. The lowest BCUT2D eigenvalue weighted by Gasteiger charge is -2.04. The summed E-state index contributed by atoms with van der Waals surface area (Å²) in [6.45, 7) is 4.00. The highest BCUT2D eigenvalue weighted by Gasteiger charge is 2.26. The van der Waals surface area contributed by atoms with Crippen LogP contribution in [0.4, 0.5) is 5.88 Å². The van der Waals surface area contributed by atoms with E-state index in [1.54, 1.807) is 12.1 Å². The predicted molar refractivity (Wildman–Crippen MR) is 85.5 cm³/mol. The van der Waals surface area contributed by atoms with Crippen LogP contribution < -0.4 is 0 Å². The van der Waals surface area contributed by atoms with E-state index in [9.17, 15) is 10.1 Å². The van der Waals surface area contributed by atoms with E-state index in [1.165, 1.54) is 0 Å². The van der Waals surface area contributed by atoms with Gasteiger partial charge in [0.05, 0.1) is 5.39 Å². The van der Waals surface area contributed by atoms with Crippen molar-refractivity contribution in [1.82, 2.24) is 0 Å². The second kappa shape index (κ2) is 5.00. The molecule has 0 aliphatic carbocycles. The molecule has 0 radical (unpaired) electrons. The van der Waals surface area contributed by atoms with Crippen molar-refractivity contribution in [3.63, 3.8) is 0 Å². The van der Waals surface area contributed by atoms with E-state index in [0.717, 1.165) is 26.5 Å². The van der Waals surface area contributed by atoms with Crippen molar-refractivity contribution in [3.05, 3.63) is 62.1 Å². The van der Waals surface area contributed by atoms with Crippen molar-refractivity contribution >= 4 is 32.8 Å². The zero-order chi connectivity index (χ0) is 15.1. The van der Waals surface area contributed by atoms with Crippen molar-refractivity contribution in [3.8, 4) is 11.1 Å². The summed E-state index contributed by atoms with van der Waals surface area (Å²) in [4.78, 5) is 10.8. The Morgan fingerprint density at radius 3 is 2.57 bits per heavy atom. The topological polar surface area (TPSA) is 56.3 Å². The molecule has 0 fully saturated rings. The van der Waals surface area contributed by atoms with Gasteiger partial charge in [0.1, 0.15) is 16.1 Å². The van der Waals surface area contributed by atoms with Crippen LogP contribution >= 0.6 is 15.9 Å². The van der Waals surface area contributed by atoms with Crippen molar-refractivity contribution in [1.29, 1.82) is 0 Å². The fraction of sp³-hybridized carbons (Fsp3) is 0.125. The van der Waals surface area contributed by atoms with Gasteiger partial charge in [-0.15, -0.1) is 0 Å². The molecule has 0 N–H and O–H groups in total. The van der Waals surface area contributed by atoms with Crippen LogP contribution in [0.1, 0.15) is 11.1 Å². The van der Waals surface area contributed by atoms with Gasteiger partial charge in [-0.3, -0.25) is 10.1 Å². The van der Waals surface area contributed by atoms with E-state index in [2.05, 4.69) is 15.9 Å². The third kappa shape index (κ3) is 2.23. The Morgan fingerprint density at radius 2 is 1.90 bits per heavy atom. The van der Waals surface area contributed by atoms with Crippen LogP contribution in [0.2, 0.25) is 0 Å². The maximum absolute atomic E-state index is 11.3. The molecule has 21 heavy (non-hydrogen) atoms. The summed E-state index contributed by atoms with van der Waals surface area (Å²) in [6, 6.07) is 11.2. The van der Waals surface area contributed by atoms with Gasteiger partial charge in [0.25, 0.3) is 0 Å². The molecule has 0 amide bonds. The lowest BCUT2D eigenvalue weighted by molar-refractivity contribution is -0.400. The van der Waals surface area contributed by atoms with Crippen LogP contribution in [0.3, 0.4) is 0 Å². The smallest absolute Gasteiger partial charge is 0.400 e. The molecule has 2 aromatic carbocycles. The van der Waals surface area contributed by atoms with Gasteiger partial charge in [0.15, 0.2) is 0 Å². The first-order valence-electron chi connectivity index (χ1n) is 6.42. The normalized spacial score (nSPS) is 11.0. The Morgan fingerprint density at radius 1 is 1.14 bits per heavy atom. The second-order valence-electron chi connectivity index (χ2n) is 4.95. The van der Waals surface area contributed by atoms with Crippen molar-refractivity contribution < 1.29 is 9.34 Å². The maximum Gasteiger partial charge on any atom is 0.442 e. The lowest BCUT2D eigenvalue weighted by atomic mass is 9.99. The van der Waals surface area contributed by atoms with Gasteiger partial charge in [-0.25, -0.2) is 0 Å². The van der Waals surface area contributed by atoms with Gasteiger partial charge in [0, 0.05) is 4.47 Å². The number of aryl methyl sites for hydroxylation is 2. The number of fused-ring (bicyclic) bond motifs is 1. The predicted octanol–water partition coefficient (Wildman–Crippen LogP) is 5.39. The Hall–Kier alpha value is -2.14. The monoisotopic (exact) mass is 345 g/mol. The van der Waals surface area contributed by atoms with Gasteiger partial charge in [0.2, 0.25) is 0 Å². The van der Waals surface area contributed by atoms with E-state index in [-0.39, 0.29) is 5.88 Å². The van der Waals surface area contributed by atoms with E-state index in [0.29, 0.717) is 11.1 Å². The third-order valence-electron chi connectivity index (χ3n) is 3.61. The number of benzene rings is 2. The number of nitro groups is 1. The van der Waals surface area contributed by atoms with E-state index >= 15 is 0 Å². The summed E-state index contributed by atoms with van der Waals surface area (Å²) in [5, 5.41) is 12.1. The first kappa shape index (κ1) is 13.8. The van der Waals surface area contributed by atoms with Crippen LogP contribution in [0.5, 0.6) is 0 Å². The number of furan rings is 1. The largest absolute Gasteiger partial charge is 0.442 e. The van der Waals surface area contributed by atoms with Crippen LogP contribution in [-0.2, 0) is 0 Å². The fourth-order valence-electron chi connectivity index (χ4n) is 2.39. The molecular formula is C16H12BrNO3. The summed E-state index contributed by atoms with van der Waals surface area (Å²) in [5.74, 6) is -0.222. The maximum atomic E-state index is 11.3. The fourth-order valence-corrected chi connectivity index (χ4v) is 2.93. The summed E-state index contributed by atoms with van der Waals surface area (Å²) >= 11 is 3.46. The van der Waals surface area contributed by atoms with E-state index < -0.39 is 4.92 Å². The van der Waals surface area contributed by atoms with Gasteiger partial charge >= 0.3 is 5.88 Å².